The number of thioether (sulfide) groups is 1. The summed E-state index contributed by atoms with van der Waals surface area (Å²) in [5.41, 5.74) is 3.62. The van der Waals surface area contributed by atoms with Gasteiger partial charge in [-0.15, -0.1) is 0 Å². The lowest BCUT2D eigenvalue weighted by atomic mass is 10.0. The summed E-state index contributed by atoms with van der Waals surface area (Å²) in [5.74, 6) is 0.500. The van der Waals surface area contributed by atoms with E-state index in [1.807, 2.05) is 66.7 Å². The zero-order valence-electron chi connectivity index (χ0n) is 12.2. The fourth-order valence-electron chi connectivity index (χ4n) is 2.24. The van der Waals surface area contributed by atoms with Crippen molar-refractivity contribution in [1.82, 2.24) is 9.97 Å². The van der Waals surface area contributed by atoms with E-state index in [0.29, 0.717) is 5.75 Å². The van der Waals surface area contributed by atoms with Crippen LogP contribution in [-0.4, -0.2) is 15.7 Å². The first kappa shape index (κ1) is 14.9. The molecule has 0 amide bonds. The van der Waals surface area contributed by atoms with Crippen LogP contribution in [-0.2, 0) is 0 Å². The molecule has 23 heavy (non-hydrogen) atoms. The molecule has 0 aliphatic rings. The number of para-hydroxylation sites is 2. The summed E-state index contributed by atoms with van der Waals surface area (Å²) in [4.78, 5) is 7.75. The molecule has 4 nitrogen and oxygen atoms in total. The molecule has 1 N–H and O–H groups in total. The van der Waals surface area contributed by atoms with Gasteiger partial charge in [0, 0.05) is 5.75 Å². The highest BCUT2D eigenvalue weighted by Crippen LogP contribution is 2.27. The van der Waals surface area contributed by atoms with Gasteiger partial charge in [-0.1, -0.05) is 54.2 Å². The van der Waals surface area contributed by atoms with Crippen LogP contribution in [0.5, 0.6) is 0 Å². The normalized spacial score (nSPS) is 10.0. The van der Waals surface area contributed by atoms with Gasteiger partial charge in [-0.3, -0.25) is 0 Å². The van der Waals surface area contributed by atoms with E-state index in [-0.39, 0.29) is 5.57 Å². The summed E-state index contributed by atoms with van der Waals surface area (Å²) in [5, 5.41) is 19.2. The highest BCUT2D eigenvalue weighted by Gasteiger charge is 2.11. The van der Waals surface area contributed by atoms with Crippen LogP contribution in [0.1, 0.15) is 5.56 Å². The molecule has 0 unspecified atom stereocenters. The topological polar surface area (TPSA) is 76.3 Å². The Hall–Kier alpha value is -3.02. The van der Waals surface area contributed by atoms with Gasteiger partial charge >= 0.3 is 0 Å². The van der Waals surface area contributed by atoms with Crippen LogP contribution in [0.15, 0.2) is 65.3 Å². The SMILES string of the molecule is N#CC(C#N)=C(CSc1nc2ccccc2[nH]1)c1ccccc1. The van der Waals surface area contributed by atoms with Crippen LogP contribution in [0.25, 0.3) is 16.6 Å². The average Bonchev–Trinajstić information content (AvgIpc) is 3.02. The second kappa shape index (κ2) is 6.83. The van der Waals surface area contributed by atoms with Gasteiger partial charge in [0.05, 0.1) is 11.0 Å². The first-order valence-corrected chi connectivity index (χ1v) is 7.96. The predicted octanol–water partition coefficient (Wildman–Crippen LogP) is 4.16. The quantitative estimate of drug-likeness (QED) is 0.579. The van der Waals surface area contributed by atoms with Crippen molar-refractivity contribution in [1.29, 1.82) is 10.5 Å². The molecule has 3 aromatic rings. The maximum Gasteiger partial charge on any atom is 0.166 e. The van der Waals surface area contributed by atoms with Crippen molar-refractivity contribution < 1.29 is 0 Å². The van der Waals surface area contributed by atoms with Crippen LogP contribution in [0.4, 0.5) is 0 Å². The third-order valence-electron chi connectivity index (χ3n) is 3.37. The number of fused-ring (bicyclic) bond motifs is 1. The highest BCUT2D eigenvalue weighted by molar-refractivity contribution is 7.99. The number of aromatic amines is 1. The minimum absolute atomic E-state index is 0.139. The summed E-state index contributed by atoms with van der Waals surface area (Å²) in [6.07, 6.45) is 0. The summed E-state index contributed by atoms with van der Waals surface area (Å²) in [6.45, 7) is 0. The Morgan fingerprint density at radius 1 is 1.00 bits per heavy atom. The third-order valence-corrected chi connectivity index (χ3v) is 4.27. The van der Waals surface area contributed by atoms with E-state index in [4.69, 9.17) is 0 Å². The largest absolute Gasteiger partial charge is 0.333 e. The summed E-state index contributed by atoms with van der Waals surface area (Å²) in [6, 6.07) is 21.3. The summed E-state index contributed by atoms with van der Waals surface area (Å²) >= 11 is 1.48. The van der Waals surface area contributed by atoms with Gasteiger partial charge in [0.1, 0.15) is 17.7 Å². The van der Waals surface area contributed by atoms with Crippen LogP contribution in [0.3, 0.4) is 0 Å². The lowest BCUT2D eigenvalue weighted by Crippen LogP contribution is -1.93. The zero-order valence-corrected chi connectivity index (χ0v) is 13.0. The molecule has 0 aliphatic carbocycles. The molecule has 2 aromatic carbocycles. The van der Waals surface area contributed by atoms with E-state index in [0.717, 1.165) is 27.3 Å². The predicted molar refractivity (Wildman–Crippen MR) is 91.4 cm³/mol. The lowest BCUT2D eigenvalue weighted by Gasteiger charge is -2.06. The van der Waals surface area contributed by atoms with Gasteiger partial charge in [0.15, 0.2) is 5.16 Å². The van der Waals surface area contributed by atoms with Gasteiger partial charge in [-0.2, -0.15) is 10.5 Å². The Kier molecular flexibility index (Phi) is 4.42. The number of nitrogens with one attached hydrogen (secondary N) is 1. The van der Waals surface area contributed by atoms with Crippen LogP contribution >= 0.6 is 11.8 Å². The number of benzene rings is 2. The minimum Gasteiger partial charge on any atom is -0.333 e. The number of H-pyrrole nitrogens is 1. The van der Waals surface area contributed by atoms with Crippen molar-refractivity contribution in [3.05, 3.63) is 65.7 Å². The molecule has 0 fully saturated rings. The molecule has 110 valence electrons. The zero-order chi connectivity index (χ0) is 16.1. The molecule has 0 bridgehead atoms. The first-order chi connectivity index (χ1) is 11.3. The fraction of sp³-hybridized carbons (Fsp3) is 0.0556. The molecule has 3 rings (SSSR count). The van der Waals surface area contributed by atoms with E-state index in [1.54, 1.807) is 0 Å². The van der Waals surface area contributed by atoms with Gasteiger partial charge < -0.3 is 4.98 Å². The first-order valence-electron chi connectivity index (χ1n) is 6.98. The molecule has 5 heteroatoms. The molecule has 1 heterocycles. The number of aromatic nitrogens is 2. The number of hydrogen-bond donors (Lipinski definition) is 1. The molecular weight excluding hydrogens is 304 g/mol. The molecule has 0 saturated carbocycles. The number of hydrogen-bond acceptors (Lipinski definition) is 4. The third kappa shape index (κ3) is 3.26. The molecule has 0 aliphatic heterocycles. The number of nitrogens with zero attached hydrogens (tertiary/aromatic N) is 3. The Bertz CT molecular complexity index is 893. The number of imidazole rings is 1. The Labute approximate surface area is 138 Å². The molecule has 0 radical (unpaired) electrons. The van der Waals surface area contributed by atoms with E-state index < -0.39 is 0 Å². The maximum atomic E-state index is 9.21. The fourth-order valence-corrected chi connectivity index (χ4v) is 3.17. The molecule has 0 atom stereocenters. The van der Waals surface area contributed by atoms with Crippen molar-refractivity contribution in [3.63, 3.8) is 0 Å². The second-order valence-electron chi connectivity index (χ2n) is 4.79. The standard InChI is InChI=1S/C18H12N4S/c19-10-14(11-20)15(13-6-2-1-3-7-13)12-23-18-21-16-8-4-5-9-17(16)22-18/h1-9H,12H2,(H,21,22). The van der Waals surface area contributed by atoms with Crippen LogP contribution in [0.2, 0.25) is 0 Å². The van der Waals surface area contributed by atoms with E-state index in [1.165, 1.54) is 11.8 Å². The average molecular weight is 316 g/mol. The summed E-state index contributed by atoms with van der Waals surface area (Å²) < 4.78 is 0. The second-order valence-corrected chi connectivity index (χ2v) is 5.76. The molecule has 1 aromatic heterocycles. The highest BCUT2D eigenvalue weighted by atomic mass is 32.2. The Morgan fingerprint density at radius 2 is 1.70 bits per heavy atom. The van der Waals surface area contributed by atoms with Gasteiger partial charge in [0.2, 0.25) is 0 Å². The van der Waals surface area contributed by atoms with Crippen molar-refractivity contribution in [2.45, 2.75) is 5.16 Å². The van der Waals surface area contributed by atoms with Gasteiger partial charge in [-0.05, 0) is 23.3 Å². The monoisotopic (exact) mass is 316 g/mol. The van der Waals surface area contributed by atoms with E-state index in [9.17, 15) is 10.5 Å². The van der Waals surface area contributed by atoms with Crippen molar-refractivity contribution in [2.24, 2.45) is 0 Å². The smallest absolute Gasteiger partial charge is 0.166 e. The lowest BCUT2D eigenvalue weighted by molar-refractivity contribution is 1.08. The van der Waals surface area contributed by atoms with Crippen molar-refractivity contribution in [2.75, 3.05) is 5.75 Å². The molecular formula is C18H12N4S. The van der Waals surface area contributed by atoms with Crippen LogP contribution < -0.4 is 0 Å². The Balaban J connectivity index is 1.89. The van der Waals surface area contributed by atoms with Crippen molar-refractivity contribution in [3.8, 4) is 12.1 Å². The maximum absolute atomic E-state index is 9.21. The molecule has 0 spiro atoms. The number of nitriles is 2. The molecule has 0 saturated heterocycles. The van der Waals surface area contributed by atoms with Crippen LogP contribution in [0, 0.1) is 22.7 Å². The minimum atomic E-state index is 0.139. The number of rotatable bonds is 4. The van der Waals surface area contributed by atoms with E-state index in [2.05, 4.69) is 9.97 Å². The van der Waals surface area contributed by atoms with Gasteiger partial charge in [0.25, 0.3) is 0 Å². The van der Waals surface area contributed by atoms with Gasteiger partial charge in [-0.25, -0.2) is 4.98 Å². The van der Waals surface area contributed by atoms with Crippen molar-refractivity contribution >= 4 is 28.4 Å². The summed E-state index contributed by atoms with van der Waals surface area (Å²) in [7, 11) is 0. The number of allylic oxidation sites excluding steroid dienone is 1. The van der Waals surface area contributed by atoms with E-state index >= 15 is 0 Å². The Morgan fingerprint density at radius 3 is 2.39 bits per heavy atom.